The molecule has 1 saturated carbocycles. The fourth-order valence-electron chi connectivity index (χ4n) is 3.06. The van der Waals surface area contributed by atoms with Crippen LogP contribution in [0.4, 0.5) is 0 Å². The smallest absolute Gasteiger partial charge is 0.137 e. The van der Waals surface area contributed by atoms with Crippen LogP contribution in [0.3, 0.4) is 0 Å². The van der Waals surface area contributed by atoms with Crippen LogP contribution in [0.15, 0.2) is 42.5 Å². The SMILES string of the molecule is O[C@@H](C[NH2+]C1CCCC1)COc1ccc2ccccc2c1. The van der Waals surface area contributed by atoms with Crippen molar-refractivity contribution >= 4 is 10.8 Å². The van der Waals surface area contributed by atoms with Gasteiger partial charge in [-0.15, -0.1) is 0 Å². The molecule has 0 aliphatic heterocycles. The summed E-state index contributed by atoms with van der Waals surface area (Å²) < 4.78 is 5.72. The molecule has 3 rings (SSSR count). The predicted octanol–water partition coefficient (Wildman–Crippen LogP) is 2.09. The maximum atomic E-state index is 10.0. The van der Waals surface area contributed by atoms with E-state index in [1.807, 2.05) is 24.3 Å². The molecule has 1 aliphatic rings. The molecule has 1 aliphatic carbocycles. The highest BCUT2D eigenvalue weighted by Crippen LogP contribution is 2.20. The van der Waals surface area contributed by atoms with Crippen molar-refractivity contribution in [3.63, 3.8) is 0 Å². The second kappa shape index (κ2) is 6.92. The zero-order valence-corrected chi connectivity index (χ0v) is 12.4. The van der Waals surface area contributed by atoms with Gasteiger partial charge in [0.25, 0.3) is 0 Å². The van der Waals surface area contributed by atoms with Gasteiger partial charge in [-0.2, -0.15) is 0 Å². The van der Waals surface area contributed by atoms with Crippen molar-refractivity contribution in [2.45, 2.75) is 37.8 Å². The molecule has 0 spiro atoms. The average molecular weight is 286 g/mol. The van der Waals surface area contributed by atoms with E-state index in [0.717, 1.165) is 12.3 Å². The Bertz CT molecular complexity index is 578. The molecular weight excluding hydrogens is 262 g/mol. The van der Waals surface area contributed by atoms with Gasteiger partial charge in [-0.05, 0) is 48.6 Å². The molecule has 0 aromatic heterocycles. The number of aliphatic hydroxyl groups excluding tert-OH is 1. The lowest BCUT2D eigenvalue weighted by Gasteiger charge is -2.14. The highest BCUT2D eigenvalue weighted by molar-refractivity contribution is 5.83. The number of ether oxygens (including phenoxy) is 1. The molecule has 112 valence electrons. The third-order valence-electron chi connectivity index (χ3n) is 4.30. The first-order valence-corrected chi connectivity index (χ1v) is 7.94. The van der Waals surface area contributed by atoms with Gasteiger partial charge in [0.15, 0.2) is 0 Å². The summed E-state index contributed by atoms with van der Waals surface area (Å²) in [6.45, 7) is 1.10. The number of rotatable bonds is 6. The van der Waals surface area contributed by atoms with Crippen LogP contribution in [0.2, 0.25) is 0 Å². The third kappa shape index (κ3) is 3.96. The number of quaternary nitrogens is 1. The van der Waals surface area contributed by atoms with Crippen LogP contribution >= 0.6 is 0 Å². The van der Waals surface area contributed by atoms with Crippen LogP contribution in [0.5, 0.6) is 5.75 Å². The second-order valence-electron chi connectivity index (χ2n) is 5.99. The fourth-order valence-corrected chi connectivity index (χ4v) is 3.06. The fraction of sp³-hybridized carbons (Fsp3) is 0.444. The van der Waals surface area contributed by atoms with E-state index in [0.29, 0.717) is 12.6 Å². The minimum absolute atomic E-state index is 0.363. The summed E-state index contributed by atoms with van der Waals surface area (Å²) in [5.74, 6) is 0.827. The Kier molecular flexibility index (Phi) is 4.73. The van der Waals surface area contributed by atoms with Crippen molar-refractivity contribution in [3.05, 3.63) is 42.5 Å². The summed E-state index contributed by atoms with van der Waals surface area (Å²) in [7, 11) is 0. The van der Waals surface area contributed by atoms with Gasteiger partial charge in [0.2, 0.25) is 0 Å². The van der Waals surface area contributed by atoms with E-state index in [4.69, 9.17) is 4.74 Å². The van der Waals surface area contributed by atoms with Crippen LogP contribution in [0, 0.1) is 0 Å². The monoisotopic (exact) mass is 286 g/mol. The van der Waals surface area contributed by atoms with E-state index in [1.54, 1.807) is 0 Å². The average Bonchev–Trinajstić information content (AvgIpc) is 3.04. The Morgan fingerprint density at radius 3 is 2.67 bits per heavy atom. The Balaban J connectivity index is 1.48. The van der Waals surface area contributed by atoms with Gasteiger partial charge in [0.1, 0.15) is 25.0 Å². The summed E-state index contributed by atoms with van der Waals surface area (Å²) in [6, 6.07) is 15.0. The molecule has 0 heterocycles. The lowest BCUT2D eigenvalue weighted by atomic mass is 10.1. The van der Waals surface area contributed by atoms with E-state index in [1.165, 1.54) is 36.5 Å². The van der Waals surface area contributed by atoms with Gasteiger partial charge in [-0.25, -0.2) is 0 Å². The van der Waals surface area contributed by atoms with E-state index in [9.17, 15) is 5.11 Å². The lowest BCUT2D eigenvalue weighted by molar-refractivity contribution is -0.693. The van der Waals surface area contributed by atoms with Crippen LogP contribution in [0.25, 0.3) is 10.8 Å². The molecule has 21 heavy (non-hydrogen) atoms. The van der Waals surface area contributed by atoms with Crippen LogP contribution in [-0.2, 0) is 0 Å². The molecule has 1 fully saturated rings. The zero-order chi connectivity index (χ0) is 14.5. The Labute approximate surface area is 125 Å². The Morgan fingerprint density at radius 1 is 1.10 bits per heavy atom. The Hall–Kier alpha value is -1.58. The van der Waals surface area contributed by atoms with E-state index >= 15 is 0 Å². The number of hydrogen-bond donors (Lipinski definition) is 2. The number of nitrogens with two attached hydrogens (primary N) is 1. The molecule has 3 nitrogen and oxygen atoms in total. The van der Waals surface area contributed by atoms with Crippen molar-refractivity contribution in [1.82, 2.24) is 0 Å². The molecule has 2 aromatic rings. The molecule has 3 N–H and O–H groups in total. The van der Waals surface area contributed by atoms with Crippen LogP contribution < -0.4 is 10.1 Å². The topological polar surface area (TPSA) is 46.1 Å². The molecular formula is C18H24NO2+. The third-order valence-corrected chi connectivity index (χ3v) is 4.30. The largest absolute Gasteiger partial charge is 0.491 e. The van der Waals surface area contributed by atoms with Gasteiger partial charge >= 0.3 is 0 Å². The van der Waals surface area contributed by atoms with Crippen molar-refractivity contribution in [1.29, 1.82) is 0 Å². The normalized spacial score (nSPS) is 17.2. The van der Waals surface area contributed by atoms with E-state index in [-0.39, 0.29) is 0 Å². The predicted molar refractivity (Wildman–Crippen MR) is 84.5 cm³/mol. The van der Waals surface area contributed by atoms with Gasteiger partial charge in [0.05, 0.1) is 6.04 Å². The first-order chi connectivity index (χ1) is 10.3. The minimum Gasteiger partial charge on any atom is -0.491 e. The first-order valence-electron chi connectivity index (χ1n) is 7.94. The molecule has 2 aromatic carbocycles. The van der Waals surface area contributed by atoms with Crippen LogP contribution in [0.1, 0.15) is 25.7 Å². The summed E-state index contributed by atoms with van der Waals surface area (Å²) in [5.41, 5.74) is 0. The maximum Gasteiger partial charge on any atom is 0.137 e. The Morgan fingerprint density at radius 2 is 1.86 bits per heavy atom. The minimum atomic E-state index is -0.405. The zero-order valence-electron chi connectivity index (χ0n) is 12.4. The molecule has 3 heteroatoms. The van der Waals surface area contributed by atoms with Crippen molar-refractivity contribution in [3.8, 4) is 5.75 Å². The maximum absolute atomic E-state index is 10.0. The van der Waals surface area contributed by atoms with E-state index in [2.05, 4.69) is 23.5 Å². The van der Waals surface area contributed by atoms with Crippen molar-refractivity contribution < 1.29 is 15.2 Å². The lowest BCUT2D eigenvalue weighted by Crippen LogP contribution is -2.91. The van der Waals surface area contributed by atoms with Gasteiger partial charge < -0.3 is 15.2 Å². The first kappa shape index (κ1) is 14.4. The van der Waals surface area contributed by atoms with Gasteiger partial charge in [0, 0.05) is 0 Å². The molecule has 0 amide bonds. The standard InChI is InChI=1S/C18H23NO2/c20-17(12-19-16-7-3-4-8-16)13-21-18-10-9-14-5-1-2-6-15(14)11-18/h1-2,5-6,9-11,16-17,19-20H,3-4,7-8,12-13H2/p+1/t17-/m0/s1. The molecule has 1 atom stereocenters. The number of aliphatic hydroxyl groups is 1. The quantitative estimate of drug-likeness (QED) is 0.854. The summed E-state index contributed by atoms with van der Waals surface area (Å²) in [4.78, 5) is 0. The second-order valence-corrected chi connectivity index (χ2v) is 5.99. The summed E-state index contributed by atoms with van der Waals surface area (Å²) >= 11 is 0. The van der Waals surface area contributed by atoms with Crippen molar-refractivity contribution in [2.75, 3.05) is 13.2 Å². The van der Waals surface area contributed by atoms with Crippen LogP contribution in [-0.4, -0.2) is 30.4 Å². The molecule has 0 unspecified atom stereocenters. The molecule has 0 saturated heterocycles. The highest BCUT2D eigenvalue weighted by atomic mass is 16.5. The number of fused-ring (bicyclic) bond motifs is 1. The van der Waals surface area contributed by atoms with Crippen molar-refractivity contribution in [2.24, 2.45) is 0 Å². The molecule has 0 bridgehead atoms. The number of benzene rings is 2. The summed E-state index contributed by atoms with van der Waals surface area (Å²) in [6.07, 6.45) is 4.85. The van der Waals surface area contributed by atoms with Gasteiger partial charge in [-0.1, -0.05) is 30.3 Å². The van der Waals surface area contributed by atoms with Gasteiger partial charge in [-0.3, -0.25) is 0 Å². The summed E-state index contributed by atoms with van der Waals surface area (Å²) in [5, 5.41) is 14.7. The highest BCUT2D eigenvalue weighted by Gasteiger charge is 2.19. The van der Waals surface area contributed by atoms with E-state index < -0.39 is 6.10 Å². The number of hydrogen-bond acceptors (Lipinski definition) is 2. The molecule has 0 radical (unpaired) electrons.